The summed E-state index contributed by atoms with van der Waals surface area (Å²) in [5, 5.41) is 5.79. The minimum absolute atomic E-state index is 0.0521. The van der Waals surface area contributed by atoms with Crippen LogP contribution in [0.5, 0.6) is 0 Å². The predicted octanol–water partition coefficient (Wildman–Crippen LogP) is 3.65. The third-order valence-electron chi connectivity index (χ3n) is 4.14. The van der Waals surface area contributed by atoms with Gasteiger partial charge in [-0.3, -0.25) is 9.59 Å². The highest BCUT2D eigenvalue weighted by atomic mass is 79.9. The molecule has 2 aromatic rings. The lowest BCUT2D eigenvalue weighted by Crippen LogP contribution is -2.27. The number of nitrogens with one attached hydrogen (secondary N) is 2. The summed E-state index contributed by atoms with van der Waals surface area (Å²) < 4.78 is 0.833. The van der Waals surface area contributed by atoms with Gasteiger partial charge >= 0.3 is 0 Å². The molecule has 2 unspecified atom stereocenters. The van der Waals surface area contributed by atoms with E-state index in [1.54, 1.807) is 0 Å². The molecular weight excluding hydrogens is 368 g/mol. The van der Waals surface area contributed by atoms with E-state index in [9.17, 15) is 9.59 Å². The van der Waals surface area contributed by atoms with Crippen LogP contribution in [-0.4, -0.2) is 11.8 Å². The molecule has 2 N–H and O–H groups in total. The van der Waals surface area contributed by atoms with Crippen molar-refractivity contribution in [2.24, 2.45) is 11.8 Å². The van der Waals surface area contributed by atoms with Gasteiger partial charge < -0.3 is 10.6 Å². The van der Waals surface area contributed by atoms with Gasteiger partial charge in [0.25, 0.3) is 0 Å². The van der Waals surface area contributed by atoms with Crippen LogP contribution in [0.4, 0.5) is 5.69 Å². The maximum Gasteiger partial charge on any atom is 0.228 e. The third-order valence-corrected chi connectivity index (χ3v) is 4.84. The monoisotopic (exact) mass is 386 g/mol. The lowest BCUT2D eigenvalue weighted by atomic mass is 10.1. The van der Waals surface area contributed by atoms with E-state index in [1.807, 2.05) is 55.5 Å². The van der Waals surface area contributed by atoms with E-state index in [0.29, 0.717) is 13.0 Å². The normalized spacial score (nSPS) is 18.8. The molecule has 3 rings (SSSR count). The Morgan fingerprint density at radius 3 is 2.58 bits per heavy atom. The van der Waals surface area contributed by atoms with Crippen LogP contribution < -0.4 is 10.6 Å². The number of carbonyl (C=O) groups excluding carboxylic acids is 2. The molecule has 5 heteroatoms. The number of aryl methyl sites for hydroxylation is 1. The molecule has 0 heterocycles. The van der Waals surface area contributed by atoms with E-state index in [4.69, 9.17) is 0 Å². The average molecular weight is 387 g/mol. The Hall–Kier alpha value is -2.14. The zero-order valence-electron chi connectivity index (χ0n) is 13.4. The van der Waals surface area contributed by atoms with E-state index < -0.39 is 0 Å². The van der Waals surface area contributed by atoms with Gasteiger partial charge in [0, 0.05) is 11.0 Å². The highest BCUT2D eigenvalue weighted by Gasteiger charge is 2.47. The molecule has 1 aliphatic carbocycles. The molecule has 1 fully saturated rings. The van der Waals surface area contributed by atoms with Crippen molar-refractivity contribution in [1.82, 2.24) is 5.32 Å². The molecule has 4 nitrogen and oxygen atoms in total. The molecule has 124 valence electrons. The number of hydrogen-bond donors (Lipinski definition) is 2. The maximum atomic E-state index is 12.2. The summed E-state index contributed by atoms with van der Waals surface area (Å²) in [7, 11) is 0. The first-order valence-corrected chi connectivity index (χ1v) is 8.72. The molecule has 24 heavy (non-hydrogen) atoms. The summed E-state index contributed by atoms with van der Waals surface area (Å²) in [6, 6.07) is 15.5. The van der Waals surface area contributed by atoms with Crippen molar-refractivity contribution in [2.45, 2.75) is 19.9 Å². The van der Waals surface area contributed by atoms with Gasteiger partial charge in [0.05, 0.1) is 17.5 Å². The van der Waals surface area contributed by atoms with Crippen molar-refractivity contribution in [3.05, 3.63) is 64.1 Å². The Kier molecular flexibility index (Phi) is 5.00. The summed E-state index contributed by atoms with van der Waals surface area (Å²) in [5.74, 6) is -0.617. The second kappa shape index (κ2) is 7.18. The Morgan fingerprint density at radius 2 is 1.83 bits per heavy atom. The molecule has 2 atom stereocenters. The Labute approximate surface area is 149 Å². The summed E-state index contributed by atoms with van der Waals surface area (Å²) in [5.41, 5.74) is 2.96. The van der Waals surface area contributed by atoms with Gasteiger partial charge in [-0.25, -0.2) is 0 Å². The quantitative estimate of drug-likeness (QED) is 0.823. The minimum Gasteiger partial charge on any atom is -0.352 e. The molecule has 0 aliphatic heterocycles. The van der Waals surface area contributed by atoms with E-state index in [0.717, 1.165) is 15.7 Å². The molecule has 0 radical (unpaired) electrons. The van der Waals surface area contributed by atoms with Gasteiger partial charge in [-0.1, -0.05) is 42.0 Å². The van der Waals surface area contributed by atoms with Crippen molar-refractivity contribution in [3.63, 3.8) is 0 Å². The molecule has 0 spiro atoms. The van der Waals surface area contributed by atoms with Crippen molar-refractivity contribution in [3.8, 4) is 0 Å². The fourth-order valence-electron chi connectivity index (χ4n) is 2.70. The smallest absolute Gasteiger partial charge is 0.228 e. The van der Waals surface area contributed by atoms with Crippen molar-refractivity contribution in [1.29, 1.82) is 0 Å². The van der Waals surface area contributed by atoms with Crippen molar-refractivity contribution >= 4 is 33.4 Å². The van der Waals surface area contributed by atoms with E-state index in [1.165, 1.54) is 5.56 Å². The molecule has 2 amide bonds. The number of benzene rings is 2. The maximum absolute atomic E-state index is 12.2. The first-order valence-electron chi connectivity index (χ1n) is 7.93. The number of carbonyl (C=O) groups is 2. The van der Waals surface area contributed by atoms with Gasteiger partial charge in [0.15, 0.2) is 0 Å². The largest absolute Gasteiger partial charge is 0.352 e. The second-order valence-corrected chi connectivity index (χ2v) is 6.98. The first kappa shape index (κ1) is 16.7. The Morgan fingerprint density at radius 1 is 1.08 bits per heavy atom. The predicted molar refractivity (Wildman–Crippen MR) is 97.4 cm³/mol. The zero-order valence-corrected chi connectivity index (χ0v) is 15.0. The fourth-order valence-corrected chi connectivity index (χ4v) is 3.09. The van der Waals surface area contributed by atoms with Crippen LogP contribution in [-0.2, 0) is 16.1 Å². The van der Waals surface area contributed by atoms with Gasteiger partial charge in [-0.05, 0) is 47.0 Å². The standard InChI is InChI=1S/C19H19BrN2O2/c1-12-5-4-6-13(9-12)11-21-18(23)14-10-15(14)19(24)22-17-8-3-2-7-16(17)20/h2-9,14-15H,10-11H2,1H3,(H,21,23)(H,22,24). The van der Waals surface area contributed by atoms with Crippen LogP contribution in [0.2, 0.25) is 0 Å². The fraction of sp³-hybridized carbons (Fsp3) is 0.263. The number of amides is 2. The topological polar surface area (TPSA) is 58.2 Å². The van der Waals surface area contributed by atoms with Gasteiger partial charge in [-0.2, -0.15) is 0 Å². The first-order chi connectivity index (χ1) is 11.5. The molecule has 1 aliphatic rings. The van der Waals surface area contributed by atoms with Crippen molar-refractivity contribution < 1.29 is 9.59 Å². The summed E-state index contributed by atoms with van der Waals surface area (Å²) in [6.07, 6.45) is 0.607. The Bertz CT molecular complexity index is 775. The lowest BCUT2D eigenvalue weighted by molar-refractivity contribution is -0.125. The van der Waals surface area contributed by atoms with Gasteiger partial charge in [-0.15, -0.1) is 0 Å². The SMILES string of the molecule is Cc1cccc(CNC(=O)C2CC2C(=O)Nc2ccccc2Br)c1. The van der Waals surface area contributed by atoms with E-state index in [2.05, 4.69) is 26.6 Å². The average Bonchev–Trinajstić information content (AvgIpc) is 3.36. The van der Waals surface area contributed by atoms with E-state index in [-0.39, 0.29) is 23.7 Å². The second-order valence-electron chi connectivity index (χ2n) is 6.12. The number of para-hydroxylation sites is 1. The van der Waals surface area contributed by atoms with Gasteiger partial charge in [0.1, 0.15) is 0 Å². The van der Waals surface area contributed by atoms with Gasteiger partial charge in [0.2, 0.25) is 11.8 Å². The molecule has 0 saturated heterocycles. The van der Waals surface area contributed by atoms with E-state index >= 15 is 0 Å². The van der Waals surface area contributed by atoms with Crippen LogP contribution in [0.3, 0.4) is 0 Å². The van der Waals surface area contributed by atoms with Crippen LogP contribution in [0, 0.1) is 18.8 Å². The minimum atomic E-state index is -0.241. The van der Waals surface area contributed by atoms with Crippen LogP contribution in [0.15, 0.2) is 53.0 Å². The van der Waals surface area contributed by atoms with Crippen LogP contribution >= 0.6 is 15.9 Å². The summed E-state index contributed by atoms with van der Waals surface area (Å²) >= 11 is 3.40. The highest BCUT2D eigenvalue weighted by Crippen LogP contribution is 2.40. The van der Waals surface area contributed by atoms with Crippen LogP contribution in [0.1, 0.15) is 17.5 Å². The lowest BCUT2D eigenvalue weighted by Gasteiger charge is -2.08. The molecule has 1 saturated carbocycles. The Balaban J connectivity index is 1.50. The number of hydrogen-bond acceptors (Lipinski definition) is 2. The number of halogens is 1. The summed E-state index contributed by atoms with van der Waals surface area (Å²) in [6.45, 7) is 2.52. The molecule has 0 bridgehead atoms. The number of rotatable bonds is 5. The molecule has 2 aromatic carbocycles. The highest BCUT2D eigenvalue weighted by molar-refractivity contribution is 9.10. The summed E-state index contributed by atoms with van der Waals surface area (Å²) in [4.78, 5) is 24.4. The zero-order chi connectivity index (χ0) is 17.1. The molecule has 0 aromatic heterocycles. The van der Waals surface area contributed by atoms with Crippen molar-refractivity contribution in [2.75, 3.05) is 5.32 Å². The third kappa shape index (κ3) is 4.03. The number of anilines is 1. The molecular formula is C19H19BrN2O2. The van der Waals surface area contributed by atoms with Crippen LogP contribution in [0.25, 0.3) is 0 Å².